The molecule has 1 aromatic rings. The quantitative estimate of drug-likeness (QED) is 0.922. The number of nitrogens with zero attached hydrogens (tertiary/aromatic N) is 2. The standard InChI is InChI=1S/C15H20N2O4/c1-3-12(14(18)19)16(2)15(20)17-8-9-21-13-7-5-4-6-11(13)10-17/h4-7,12H,3,8-10H2,1-2H3,(H,18,19). The van der Waals surface area contributed by atoms with E-state index in [4.69, 9.17) is 9.84 Å². The number of rotatable bonds is 3. The van der Waals surface area contributed by atoms with E-state index in [1.165, 1.54) is 11.9 Å². The second kappa shape index (κ2) is 6.47. The summed E-state index contributed by atoms with van der Waals surface area (Å²) in [4.78, 5) is 26.6. The van der Waals surface area contributed by atoms with Crippen LogP contribution in [0.2, 0.25) is 0 Å². The van der Waals surface area contributed by atoms with Crippen molar-refractivity contribution in [3.63, 3.8) is 0 Å². The van der Waals surface area contributed by atoms with Crippen LogP contribution in [-0.2, 0) is 11.3 Å². The van der Waals surface area contributed by atoms with Crippen molar-refractivity contribution in [2.45, 2.75) is 25.9 Å². The van der Waals surface area contributed by atoms with Crippen molar-refractivity contribution in [1.29, 1.82) is 0 Å². The lowest BCUT2D eigenvalue weighted by molar-refractivity contribution is -0.142. The third-order valence-corrected chi connectivity index (χ3v) is 3.66. The van der Waals surface area contributed by atoms with Gasteiger partial charge >= 0.3 is 12.0 Å². The van der Waals surface area contributed by atoms with Gasteiger partial charge in [0.1, 0.15) is 18.4 Å². The molecule has 0 saturated carbocycles. The smallest absolute Gasteiger partial charge is 0.326 e. The maximum atomic E-state index is 12.5. The van der Waals surface area contributed by atoms with E-state index >= 15 is 0 Å². The molecular weight excluding hydrogens is 272 g/mol. The first-order chi connectivity index (χ1) is 10.0. The van der Waals surface area contributed by atoms with Crippen LogP contribution >= 0.6 is 0 Å². The van der Waals surface area contributed by atoms with Crippen LogP contribution in [0.4, 0.5) is 4.79 Å². The number of amides is 2. The first-order valence-corrected chi connectivity index (χ1v) is 6.99. The number of carbonyl (C=O) groups is 2. The van der Waals surface area contributed by atoms with Crippen LogP contribution in [0.25, 0.3) is 0 Å². The Balaban J connectivity index is 2.14. The molecular formula is C15H20N2O4. The Morgan fingerprint density at radius 3 is 2.81 bits per heavy atom. The number of carboxylic acid groups (broad SMARTS) is 1. The summed E-state index contributed by atoms with van der Waals surface area (Å²) in [6.45, 7) is 3.02. The molecule has 0 radical (unpaired) electrons. The molecule has 1 aromatic carbocycles. The molecule has 0 aromatic heterocycles. The molecule has 2 rings (SSSR count). The maximum Gasteiger partial charge on any atom is 0.326 e. The molecule has 1 atom stereocenters. The Morgan fingerprint density at radius 2 is 2.14 bits per heavy atom. The summed E-state index contributed by atoms with van der Waals surface area (Å²) in [6, 6.07) is 6.47. The first kappa shape index (κ1) is 15.2. The van der Waals surface area contributed by atoms with E-state index in [2.05, 4.69) is 0 Å². The number of hydrogen-bond donors (Lipinski definition) is 1. The zero-order valence-electron chi connectivity index (χ0n) is 12.3. The SMILES string of the molecule is CCC(C(=O)O)N(C)C(=O)N1CCOc2ccccc2C1. The first-order valence-electron chi connectivity index (χ1n) is 6.99. The van der Waals surface area contributed by atoms with Crippen LogP contribution in [0.5, 0.6) is 5.75 Å². The summed E-state index contributed by atoms with van der Waals surface area (Å²) < 4.78 is 5.61. The molecule has 6 nitrogen and oxygen atoms in total. The van der Waals surface area contributed by atoms with Crippen molar-refractivity contribution < 1.29 is 19.4 Å². The van der Waals surface area contributed by atoms with Crippen molar-refractivity contribution in [2.75, 3.05) is 20.2 Å². The van der Waals surface area contributed by atoms with Crippen LogP contribution < -0.4 is 4.74 Å². The number of ether oxygens (including phenoxy) is 1. The average Bonchev–Trinajstić information content (AvgIpc) is 2.68. The second-order valence-corrected chi connectivity index (χ2v) is 5.03. The maximum absolute atomic E-state index is 12.5. The lowest BCUT2D eigenvalue weighted by atomic mass is 10.2. The predicted molar refractivity (Wildman–Crippen MR) is 77.2 cm³/mol. The Hall–Kier alpha value is -2.24. The Labute approximate surface area is 123 Å². The molecule has 0 aliphatic carbocycles. The average molecular weight is 292 g/mol. The minimum absolute atomic E-state index is 0.287. The van der Waals surface area contributed by atoms with Crippen LogP contribution in [0.1, 0.15) is 18.9 Å². The van der Waals surface area contributed by atoms with Crippen LogP contribution in [0.3, 0.4) is 0 Å². The number of likely N-dealkylation sites (N-methyl/N-ethyl adjacent to an activating group) is 1. The van der Waals surface area contributed by atoms with Crippen molar-refractivity contribution >= 4 is 12.0 Å². The van der Waals surface area contributed by atoms with Gasteiger partial charge in [-0.15, -0.1) is 0 Å². The number of carboxylic acids is 1. The molecule has 1 aliphatic heterocycles. The van der Waals surface area contributed by atoms with E-state index in [0.29, 0.717) is 26.1 Å². The number of urea groups is 1. The summed E-state index contributed by atoms with van der Waals surface area (Å²) >= 11 is 0. The molecule has 0 saturated heterocycles. The third-order valence-electron chi connectivity index (χ3n) is 3.66. The molecule has 114 valence electrons. The largest absolute Gasteiger partial charge is 0.491 e. The number of carbonyl (C=O) groups excluding carboxylic acids is 1. The van der Waals surface area contributed by atoms with Crippen LogP contribution in [-0.4, -0.2) is 53.1 Å². The van der Waals surface area contributed by atoms with Gasteiger partial charge in [-0.1, -0.05) is 25.1 Å². The molecule has 2 amide bonds. The third kappa shape index (κ3) is 3.26. The molecule has 1 N–H and O–H groups in total. The van der Waals surface area contributed by atoms with Gasteiger partial charge in [-0.3, -0.25) is 0 Å². The van der Waals surface area contributed by atoms with Crippen molar-refractivity contribution in [2.24, 2.45) is 0 Å². The van der Waals surface area contributed by atoms with E-state index in [-0.39, 0.29) is 6.03 Å². The van der Waals surface area contributed by atoms with Gasteiger partial charge in [0.05, 0.1) is 13.1 Å². The summed E-state index contributed by atoms with van der Waals surface area (Å²) in [5.74, 6) is -0.208. The highest BCUT2D eigenvalue weighted by atomic mass is 16.5. The van der Waals surface area contributed by atoms with Gasteiger partial charge in [-0.2, -0.15) is 0 Å². The fraction of sp³-hybridized carbons (Fsp3) is 0.467. The summed E-state index contributed by atoms with van der Waals surface area (Å²) in [6.07, 6.45) is 0.374. The predicted octanol–water partition coefficient (Wildman–Crippen LogP) is 1.80. The zero-order valence-corrected chi connectivity index (χ0v) is 12.3. The van der Waals surface area contributed by atoms with E-state index in [0.717, 1.165) is 11.3 Å². The van der Waals surface area contributed by atoms with Gasteiger partial charge in [0, 0.05) is 12.6 Å². The van der Waals surface area contributed by atoms with E-state index in [1.807, 2.05) is 24.3 Å². The van der Waals surface area contributed by atoms with Crippen molar-refractivity contribution in [1.82, 2.24) is 9.80 Å². The lowest BCUT2D eigenvalue weighted by Crippen LogP contribution is -2.49. The minimum atomic E-state index is -0.986. The van der Waals surface area contributed by atoms with Crippen molar-refractivity contribution in [3.05, 3.63) is 29.8 Å². The fourth-order valence-electron chi connectivity index (χ4n) is 2.46. The normalized spacial score (nSPS) is 15.4. The number of aliphatic carboxylic acids is 1. The molecule has 1 heterocycles. The molecule has 1 unspecified atom stereocenters. The van der Waals surface area contributed by atoms with Gasteiger partial charge in [-0.05, 0) is 12.5 Å². The molecule has 0 fully saturated rings. The zero-order chi connectivity index (χ0) is 15.4. The molecule has 0 bridgehead atoms. The molecule has 0 spiro atoms. The van der Waals surface area contributed by atoms with Gasteiger partial charge in [0.25, 0.3) is 0 Å². The molecule has 6 heteroatoms. The fourth-order valence-corrected chi connectivity index (χ4v) is 2.46. The highest BCUT2D eigenvalue weighted by Gasteiger charge is 2.29. The Bertz CT molecular complexity index is 532. The van der Waals surface area contributed by atoms with E-state index in [1.54, 1.807) is 11.8 Å². The number of para-hydroxylation sites is 1. The highest BCUT2D eigenvalue weighted by molar-refractivity contribution is 5.82. The Morgan fingerprint density at radius 1 is 1.43 bits per heavy atom. The second-order valence-electron chi connectivity index (χ2n) is 5.03. The van der Waals surface area contributed by atoms with Crippen LogP contribution in [0.15, 0.2) is 24.3 Å². The van der Waals surface area contributed by atoms with Crippen LogP contribution in [0, 0.1) is 0 Å². The number of fused-ring (bicyclic) bond motifs is 1. The highest BCUT2D eigenvalue weighted by Crippen LogP contribution is 2.23. The van der Waals surface area contributed by atoms with E-state index < -0.39 is 12.0 Å². The van der Waals surface area contributed by atoms with Gasteiger partial charge < -0.3 is 19.6 Å². The van der Waals surface area contributed by atoms with Gasteiger partial charge in [-0.25, -0.2) is 9.59 Å². The topological polar surface area (TPSA) is 70.1 Å². The number of hydrogen-bond acceptors (Lipinski definition) is 3. The monoisotopic (exact) mass is 292 g/mol. The van der Waals surface area contributed by atoms with Crippen molar-refractivity contribution in [3.8, 4) is 5.75 Å². The summed E-state index contributed by atoms with van der Waals surface area (Å²) in [7, 11) is 1.53. The van der Waals surface area contributed by atoms with Gasteiger partial charge in [0.15, 0.2) is 0 Å². The summed E-state index contributed by atoms with van der Waals surface area (Å²) in [5, 5.41) is 9.17. The molecule has 1 aliphatic rings. The number of benzene rings is 1. The Kier molecular flexibility index (Phi) is 4.67. The minimum Gasteiger partial charge on any atom is -0.491 e. The summed E-state index contributed by atoms with van der Waals surface area (Å²) in [5.41, 5.74) is 0.931. The lowest BCUT2D eigenvalue weighted by Gasteiger charge is -2.30. The molecule has 21 heavy (non-hydrogen) atoms. The van der Waals surface area contributed by atoms with E-state index in [9.17, 15) is 9.59 Å². The van der Waals surface area contributed by atoms with Gasteiger partial charge in [0.2, 0.25) is 0 Å².